The highest BCUT2D eigenvalue weighted by molar-refractivity contribution is 6.04. The summed E-state index contributed by atoms with van der Waals surface area (Å²) in [6.07, 6.45) is 9.77. The number of carbonyl (C=O) groups is 1. The van der Waals surface area contributed by atoms with Gasteiger partial charge < -0.3 is 5.32 Å². The van der Waals surface area contributed by atoms with Gasteiger partial charge in [-0.05, 0) is 31.6 Å². The largest absolute Gasteiger partial charge is 0.307 e. The number of carbonyl (C=O) groups excluding carboxylic acids is 1. The number of amides is 1. The number of rotatable bonds is 4. The predicted molar refractivity (Wildman–Crippen MR) is 97.1 cm³/mol. The fourth-order valence-electron chi connectivity index (χ4n) is 2.60. The Morgan fingerprint density at radius 3 is 2.62 bits per heavy atom. The Morgan fingerprint density at radius 1 is 1.19 bits per heavy atom. The van der Waals surface area contributed by atoms with Crippen molar-refractivity contribution in [1.82, 2.24) is 19.7 Å². The van der Waals surface area contributed by atoms with Crippen molar-refractivity contribution < 1.29 is 9.18 Å². The summed E-state index contributed by atoms with van der Waals surface area (Å²) in [5, 5.41) is 6.84. The van der Waals surface area contributed by atoms with Gasteiger partial charge in [0.05, 0.1) is 18.0 Å². The maximum Gasteiger partial charge on any atom is 0.258 e. The Balaban J connectivity index is 1.79. The van der Waals surface area contributed by atoms with Crippen molar-refractivity contribution in [2.45, 2.75) is 13.8 Å². The second kappa shape index (κ2) is 7.26. The van der Waals surface area contributed by atoms with E-state index in [1.54, 1.807) is 23.1 Å². The second-order valence-corrected chi connectivity index (χ2v) is 5.79. The van der Waals surface area contributed by atoms with E-state index in [-0.39, 0.29) is 11.1 Å². The first kappa shape index (κ1) is 17.5. The quantitative estimate of drug-likeness (QED) is 0.782. The van der Waals surface area contributed by atoms with Crippen LogP contribution >= 0.6 is 0 Å². The van der Waals surface area contributed by atoms with Crippen molar-refractivity contribution in [3.05, 3.63) is 77.3 Å². The molecular formula is C19H18FN5O. The van der Waals surface area contributed by atoms with E-state index in [0.717, 1.165) is 22.9 Å². The van der Waals surface area contributed by atoms with Crippen LogP contribution in [0.25, 0.3) is 5.57 Å². The van der Waals surface area contributed by atoms with Crippen molar-refractivity contribution in [3.63, 3.8) is 0 Å². The van der Waals surface area contributed by atoms with E-state index < -0.39 is 11.7 Å². The van der Waals surface area contributed by atoms with Crippen molar-refractivity contribution >= 4 is 17.3 Å². The zero-order chi connectivity index (χ0) is 18.7. The van der Waals surface area contributed by atoms with Gasteiger partial charge in [-0.1, -0.05) is 6.08 Å². The Hall–Kier alpha value is -3.35. The van der Waals surface area contributed by atoms with Crippen LogP contribution in [0.5, 0.6) is 0 Å². The fourth-order valence-corrected chi connectivity index (χ4v) is 2.60. The van der Waals surface area contributed by atoms with E-state index in [9.17, 15) is 9.18 Å². The van der Waals surface area contributed by atoms with Gasteiger partial charge in [-0.3, -0.25) is 14.5 Å². The van der Waals surface area contributed by atoms with Crippen molar-refractivity contribution in [3.8, 4) is 0 Å². The molecule has 0 radical (unpaired) electrons. The number of hydrogen-bond donors (Lipinski definition) is 1. The zero-order valence-electron chi connectivity index (χ0n) is 14.7. The molecule has 0 aliphatic rings. The minimum Gasteiger partial charge on any atom is -0.307 e. The lowest BCUT2D eigenvalue weighted by Crippen LogP contribution is -2.15. The minimum atomic E-state index is -0.518. The van der Waals surface area contributed by atoms with Crippen LogP contribution in [0.2, 0.25) is 0 Å². The Morgan fingerprint density at radius 2 is 2.00 bits per heavy atom. The Bertz CT molecular complexity index is 976. The molecule has 3 aromatic rings. The van der Waals surface area contributed by atoms with E-state index in [1.807, 2.05) is 32.3 Å². The number of pyridine rings is 2. The maximum atomic E-state index is 13.6. The summed E-state index contributed by atoms with van der Waals surface area (Å²) >= 11 is 0. The number of aryl methyl sites for hydroxylation is 1. The molecule has 0 atom stereocenters. The van der Waals surface area contributed by atoms with E-state index >= 15 is 0 Å². The number of hydrogen-bond acceptors (Lipinski definition) is 4. The van der Waals surface area contributed by atoms with Gasteiger partial charge in [0.25, 0.3) is 5.91 Å². The van der Waals surface area contributed by atoms with Crippen LogP contribution in [0.1, 0.15) is 34.0 Å². The van der Waals surface area contributed by atoms with Gasteiger partial charge in [-0.25, -0.2) is 9.37 Å². The van der Waals surface area contributed by atoms with Crippen LogP contribution in [-0.4, -0.2) is 25.7 Å². The average molecular weight is 351 g/mol. The van der Waals surface area contributed by atoms with Gasteiger partial charge in [0.15, 0.2) is 0 Å². The molecule has 0 fully saturated rings. The zero-order valence-corrected chi connectivity index (χ0v) is 14.7. The third kappa shape index (κ3) is 3.51. The molecule has 0 aromatic carbocycles. The number of anilines is 1. The van der Waals surface area contributed by atoms with Crippen LogP contribution in [0.15, 0.2) is 49.2 Å². The van der Waals surface area contributed by atoms with Crippen LogP contribution < -0.4 is 5.32 Å². The molecule has 0 unspecified atom stereocenters. The summed E-state index contributed by atoms with van der Waals surface area (Å²) in [4.78, 5) is 20.3. The molecule has 0 bridgehead atoms. The third-order valence-electron chi connectivity index (χ3n) is 4.02. The fraction of sp³-hybridized carbons (Fsp3) is 0.158. The van der Waals surface area contributed by atoms with Crippen LogP contribution in [0.3, 0.4) is 0 Å². The molecule has 7 heteroatoms. The number of aromatic nitrogens is 4. The van der Waals surface area contributed by atoms with Crippen LogP contribution in [0.4, 0.5) is 10.2 Å². The normalized spacial score (nSPS) is 11.5. The van der Waals surface area contributed by atoms with Crippen LogP contribution in [0, 0.1) is 12.7 Å². The van der Waals surface area contributed by atoms with E-state index in [1.165, 1.54) is 13.1 Å². The number of halogens is 1. The van der Waals surface area contributed by atoms with Crippen molar-refractivity contribution in [2.75, 3.05) is 5.32 Å². The molecule has 0 saturated carbocycles. The topological polar surface area (TPSA) is 72.7 Å². The summed E-state index contributed by atoms with van der Waals surface area (Å²) < 4.78 is 15.3. The molecule has 3 aromatic heterocycles. The number of nitrogens with zero attached hydrogens (tertiary/aromatic N) is 4. The Labute approximate surface area is 150 Å². The summed E-state index contributed by atoms with van der Waals surface area (Å²) in [6.45, 7) is 3.48. The van der Waals surface area contributed by atoms with E-state index in [4.69, 9.17) is 0 Å². The summed E-state index contributed by atoms with van der Waals surface area (Å²) in [6, 6.07) is 3.57. The minimum absolute atomic E-state index is 0.181. The first-order valence-corrected chi connectivity index (χ1v) is 8.03. The molecule has 26 heavy (non-hydrogen) atoms. The molecule has 0 spiro atoms. The van der Waals surface area contributed by atoms with Gasteiger partial charge in [0.2, 0.25) is 0 Å². The molecule has 0 saturated heterocycles. The van der Waals surface area contributed by atoms with Gasteiger partial charge in [-0.15, -0.1) is 0 Å². The molecule has 132 valence electrons. The van der Waals surface area contributed by atoms with Crippen molar-refractivity contribution in [1.29, 1.82) is 0 Å². The molecule has 0 aliphatic heterocycles. The van der Waals surface area contributed by atoms with E-state index in [0.29, 0.717) is 5.82 Å². The summed E-state index contributed by atoms with van der Waals surface area (Å²) in [5.74, 6) is -0.590. The lowest BCUT2D eigenvalue weighted by molar-refractivity contribution is 0.102. The second-order valence-electron chi connectivity index (χ2n) is 5.79. The highest BCUT2D eigenvalue weighted by atomic mass is 19.1. The molecule has 3 heterocycles. The van der Waals surface area contributed by atoms with Gasteiger partial charge in [0, 0.05) is 42.3 Å². The first-order chi connectivity index (χ1) is 12.5. The average Bonchev–Trinajstić information content (AvgIpc) is 3.05. The van der Waals surface area contributed by atoms with Crippen LogP contribution in [-0.2, 0) is 7.05 Å². The third-order valence-corrected chi connectivity index (χ3v) is 4.02. The summed E-state index contributed by atoms with van der Waals surface area (Å²) in [5.41, 5.74) is 3.31. The predicted octanol–water partition coefficient (Wildman–Crippen LogP) is 3.36. The molecule has 0 aliphatic carbocycles. The first-order valence-electron chi connectivity index (χ1n) is 8.03. The lowest BCUT2D eigenvalue weighted by Gasteiger charge is -2.09. The SMILES string of the molecule is CC=C(c1ccc(NC(=O)c2cncc(F)c2C)nc1)c1cnn(C)c1. The molecule has 3 rings (SSSR count). The van der Waals surface area contributed by atoms with Crippen molar-refractivity contribution in [2.24, 2.45) is 7.05 Å². The molecule has 1 amide bonds. The van der Waals surface area contributed by atoms with Gasteiger partial charge in [-0.2, -0.15) is 5.10 Å². The highest BCUT2D eigenvalue weighted by Crippen LogP contribution is 2.23. The highest BCUT2D eigenvalue weighted by Gasteiger charge is 2.14. The lowest BCUT2D eigenvalue weighted by atomic mass is 10.0. The maximum absolute atomic E-state index is 13.6. The molecule has 6 nitrogen and oxygen atoms in total. The Kier molecular flexibility index (Phi) is 4.88. The smallest absolute Gasteiger partial charge is 0.258 e. The number of allylic oxidation sites excluding steroid dienone is 1. The number of nitrogens with one attached hydrogen (secondary N) is 1. The van der Waals surface area contributed by atoms with E-state index in [2.05, 4.69) is 20.4 Å². The van der Waals surface area contributed by atoms with Gasteiger partial charge >= 0.3 is 0 Å². The molecular weight excluding hydrogens is 333 g/mol. The van der Waals surface area contributed by atoms with Gasteiger partial charge in [0.1, 0.15) is 11.6 Å². The summed E-state index contributed by atoms with van der Waals surface area (Å²) in [7, 11) is 1.86. The standard InChI is InChI=1S/C19H18FN5O/c1-4-15(14-8-23-25(3)11-14)13-5-6-18(22-7-13)24-19(26)16-9-21-10-17(20)12(16)2/h4-11H,1-3H3,(H,22,24,26). The molecule has 1 N–H and O–H groups in total. The monoisotopic (exact) mass is 351 g/mol.